The molecule has 0 atom stereocenters. The van der Waals surface area contributed by atoms with Crippen molar-refractivity contribution in [2.24, 2.45) is 0 Å². The van der Waals surface area contributed by atoms with Crippen LogP contribution < -0.4 is 9.80 Å². The Bertz CT molecular complexity index is 911. The van der Waals surface area contributed by atoms with E-state index < -0.39 is 17.5 Å². The predicted octanol–water partition coefficient (Wildman–Crippen LogP) is 2.77. The number of aromatic nitrogens is 3. The lowest BCUT2D eigenvalue weighted by Crippen LogP contribution is -2.47. The van der Waals surface area contributed by atoms with E-state index in [1.807, 2.05) is 9.80 Å². The number of rotatable bonds is 2. The van der Waals surface area contributed by atoms with Crippen LogP contribution >= 0.6 is 0 Å². The highest BCUT2D eigenvalue weighted by atomic mass is 19.2. The zero-order chi connectivity index (χ0) is 17.4. The van der Waals surface area contributed by atoms with Gasteiger partial charge in [0.25, 0.3) is 0 Å². The SMILES string of the molecule is Fc1cc2c(N3CCN(c4ncccn4)CC3)nccc2c(F)c1F. The van der Waals surface area contributed by atoms with Gasteiger partial charge in [-0.3, -0.25) is 0 Å². The van der Waals surface area contributed by atoms with Crippen LogP contribution in [-0.2, 0) is 0 Å². The van der Waals surface area contributed by atoms with Gasteiger partial charge < -0.3 is 9.80 Å². The van der Waals surface area contributed by atoms with E-state index in [0.29, 0.717) is 37.9 Å². The molecule has 0 N–H and O–H groups in total. The molecule has 8 heteroatoms. The van der Waals surface area contributed by atoms with E-state index in [2.05, 4.69) is 15.0 Å². The van der Waals surface area contributed by atoms with Crippen molar-refractivity contribution in [1.82, 2.24) is 15.0 Å². The van der Waals surface area contributed by atoms with E-state index in [-0.39, 0.29) is 10.8 Å². The Labute approximate surface area is 141 Å². The number of fused-ring (bicyclic) bond motifs is 1. The van der Waals surface area contributed by atoms with Gasteiger partial charge in [0.15, 0.2) is 17.5 Å². The number of benzene rings is 1. The minimum atomic E-state index is -1.46. The second kappa shape index (κ2) is 6.19. The van der Waals surface area contributed by atoms with Gasteiger partial charge in [0, 0.05) is 55.5 Å². The second-order valence-corrected chi connectivity index (χ2v) is 5.74. The number of hydrogen-bond acceptors (Lipinski definition) is 5. The van der Waals surface area contributed by atoms with Crippen LogP contribution in [0.5, 0.6) is 0 Å². The summed E-state index contributed by atoms with van der Waals surface area (Å²) in [6, 6.07) is 4.11. The van der Waals surface area contributed by atoms with Crippen LogP contribution in [0.25, 0.3) is 10.8 Å². The zero-order valence-electron chi connectivity index (χ0n) is 13.2. The van der Waals surface area contributed by atoms with E-state index in [9.17, 15) is 13.2 Å². The van der Waals surface area contributed by atoms with E-state index in [0.717, 1.165) is 6.07 Å². The fraction of sp³-hybridized carbons (Fsp3) is 0.235. The highest BCUT2D eigenvalue weighted by Gasteiger charge is 2.23. The van der Waals surface area contributed by atoms with Crippen LogP contribution in [0.1, 0.15) is 0 Å². The smallest absolute Gasteiger partial charge is 0.225 e. The van der Waals surface area contributed by atoms with Crippen LogP contribution in [-0.4, -0.2) is 41.1 Å². The molecule has 1 saturated heterocycles. The first kappa shape index (κ1) is 15.6. The van der Waals surface area contributed by atoms with Crippen molar-refractivity contribution in [3.8, 4) is 0 Å². The van der Waals surface area contributed by atoms with Crippen molar-refractivity contribution in [1.29, 1.82) is 0 Å². The largest absolute Gasteiger partial charge is 0.353 e. The van der Waals surface area contributed by atoms with Crippen LogP contribution in [0.4, 0.5) is 24.9 Å². The van der Waals surface area contributed by atoms with Gasteiger partial charge in [-0.15, -0.1) is 0 Å². The molecule has 1 aromatic carbocycles. The molecule has 3 aromatic rings. The summed E-state index contributed by atoms with van der Waals surface area (Å²) in [7, 11) is 0. The number of piperazine rings is 1. The fourth-order valence-electron chi connectivity index (χ4n) is 3.03. The van der Waals surface area contributed by atoms with Crippen molar-refractivity contribution < 1.29 is 13.2 Å². The Morgan fingerprint density at radius 3 is 2.16 bits per heavy atom. The van der Waals surface area contributed by atoms with E-state index >= 15 is 0 Å². The quantitative estimate of drug-likeness (QED) is 0.669. The average molecular weight is 345 g/mol. The van der Waals surface area contributed by atoms with E-state index in [1.165, 1.54) is 12.3 Å². The molecule has 0 saturated carbocycles. The van der Waals surface area contributed by atoms with Crippen molar-refractivity contribution in [3.63, 3.8) is 0 Å². The van der Waals surface area contributed by atoms with E-state index in [1.54, 1.807) is 18.5 Å². The van der Waals surface area contributed by atoms with E-state index in [4.69, 9.17) is 0 Å². The number of anilines is 2. The highest BCUT2D eigenvalue weighted by Crippen LogP contribution is 2.30. The molecule has 0 spiro atoms. The maximum Gasteiger partial charge on any atom is 0.225 e. The summed E-state index contributed by atoms with van der Waals surface area (Å²) in [5.41, 5.74) is 0. The molecule has 128 valence electrons. The molecule has 1 aliphatic heterocycles. The molecule has 0 bridgehead atoms. The summed E-state index contributed by atoms with van der Waals surface area (Å²) in [6.07, 6.45) is 4.77. The molecule has 1 aliphatic rings. The van der Waals surface area contributed by atoms with Crippen molar-refractivity contribution in [3.05, 3.63) is 54.2 Å². The van der Waals surface area contributed by atoms with Crippen LogP contribution in [0.3, 0.4) is 0 Å². The number of hydrogen-bond donors (Lipinski definition) is 0. The molecule has 25 heavy (non-hydrogen) atoms. The minimum absolute atomic E-state index is 0.0257. The molecule has 0 unspecified atom stereocenters. The van der Waals surface area contributed by atoms with Gasteiger partial charge >= 0.3 is 0 Å². The van der Waals surface area contributed by atoms with Crippen molar-refractivity contribution in [2.45, 2.75) is 0 Å². The van der Waals surface area contributed by atoms with Crippen molar-refractivity contribution in [2.75, 3.05) is 36.0 Å². The first-order valence-electron chi connectivity index (χ1n) is 7.84. The minimum Gasteiger partial charge on any atom is -0.353 e. The number of halogens is 3. The lowest BCUT2D eigenvalue weighted by molar-refractivity contribution is 0.453. The summed E-state index contributed by atoms with van der Waals surface area (Å²) < 4.78 is 41.1. The second-order valence-electron chi connectivity index (χ2n) is 5.74. The van der Waals surface area contributed by atoms with Gasteiger partial charge in [-0.25, -0.2) is 28.1 Å². The van der Waals surface area contributed by atoms with Gasteiger partial charge in [0.2, 0.25) is 5.95 Å². The fourth-order valence-corrected chi connectivity index (χ4v) is 3.03. The summed E-state index contributed by atoms with van der Waals surface area (Å²) in [4.78, 5) is 16.7. The summed E-state index contributed by atoms with van der Waals surface area (Å²) in [6.45, 7) is 2.47. The molecule has 2 aromatic heterocycles. The zero-order valence-corrected chi connectivity index (χ0v) is 13.2. The Hall–Kier alpha value is -2.90. The molecule has 1 fully saturated rings. The standard InChI is InChI=1S/C17H14F3N5/c18-13-10-12-11(14(19)15(13)20)2-5-21-16(12)24-6-8-25(9-7-24)17-22-3-1-4-23-17/h1-5,10H,6-9H2. The Kier molecular flexibility index (Phi) is 3.87. The van der Waals surface area contributed by atoms with Gasteiger partial charge in [-0.1, -0.05) is 0 Å². The molecular weight excluding hydrogens is 331 g/mol. The van der Waals surface area contributed by atoms with Crippen LogP contribution in [0, 0.1) is 17.5 Å². The molecule has 0 aliphatic carbocycles. The maximum atomic E-state index is 14.0. The van der Waals surface area contributed by atoms with Gasteiger partial charge in [-0.2, -0.15) is 0 Å². The topological polar surface area (TPSA) is 45.2 Å². The van der Waals surface area contributed by atoms with Gasteiger partial charge in [-0.05, 0) is 18.2 Å². The molecular formula is C17H14F3N5. The Morgan fingerprint density at radius 1 is 0.760 bits per heavy atom. The maximum absolute atomic E-state index is 14.0. The first-order chi connectivity index (χ1) is 12.1. The number of pyridine rings is 1. The van der Waals surface area contributed by atoms with Crippen LogP contribution in [0.2, 0.25) is 0 Å². The van der Waals surface area contributed by atoms with Crippen LogP contribution in [0.15, 0.2) is 36.8 Å². The summed E-state index contributed by atoms with van der Waals surface area (Å²) in [5, 5.41) is 0.293. The number of nitrogens with zero attached hydrogens (tertiary/aromatic N) is 5. The normalized spacial score (nSPS) is 15.0. The highest BCUT2D eigenvalue weighted by molar-refractivity contribution is 5.92. The molecule has 4 rings (SSSR count). The predicted molar refractivity (Wildman–Crippen MR) is 88.1 cm³/mol. The third-order valence-corrected chi connectivity index (χ3v) is 4.29. The Morgan fingerprint density at radius 2 is 1.44 bits per heavy atom. The monoisotopic (exact) mass is 345 g/mol. The molecule has 0 radical (unpaired) electrons. The lowest BCUT2D eigenvalue weighted by atomic mass is 10.1. The molecule has 5 nitrogen and oxygen atoms in total. The first-order valence-corrected chi connectivity index (χ1v) is 7.84. The van der Waals surface area contributed by atoms with Crippen molar-refractivity contribution >= 4 is 22.5 Å². The average Bonchev–Trinajstić information content (AvgIpc) is 2.67. The third kappa shape index (κ3) is 2.73. The molecule has 0 amide bonds. The molecule has 3 heterocycles. The third-order valence-electron chi connectivity index (χ3n) is 4.29. The lowest BCUT2D eigenvalue weighted by Gasteiger charge is -2.35. The van der Waals surface area contributed by atoms with Gasteiger partial charge in [0.05, 0.1) is 0 Å². The summed E-state index contributed by atoms with van der Waals surface area (Å²) in [5.74, 6) is -2.77. The van der Waals surface area contributed by atoms with Gasteiger partial charge in [0.1, 0.15) is 5.82 Å². The summed E-state index contributed by atoms with van der Waals surface area (Å²) >= 11 is 0. The Balaban J connectivity index is 1.63.